The van der Waals surface area contributed by atoms with E-state index in [1.54, 1.807) is 24.5 Å². The molecule has 1 aromatic carbocycles. The first-order chi connectivity index (χ1) is 12.1. The van der Waals surface area contributed by atoms with Gasteiger partial charge in [-0.3, -0.25) is 9.78 Å². The SMILES string of the molecule is O=C(Cc1ccncc1)NC[C@@]1(Cc2ccc(F)cc2)CCC[C@H]1O. The van der Waals surface area contributed by atoms with Crippen LogP contribution in [-0.2, 0) is 17.6 Å². The summed E-state index contributed by atoms with van der Waals surface area (Å²) in [7, 11) is 0. The maximum absolute atomic E-state index is 13.1. The van der Waals surface area contributed by atoms with Crippen molar-refractivity contribution >= 4 is 5.91 Å². The second-order valence-electron chi connectivity index (χ2n) is 6.88. The summed E-state index contributed by atoms with van der Waals surface area (Å²) in [4.78, 5) is 16.2. The van der Waals surface area contributed by atoms with E-state index in [0.29, 0.717) is 19.4 Å². The lowest BCUT2D eigenvalue weighted by atomic mass is 9.78. The number of hydrogen-bond acceptors (Lipinski definition) is 3. The van der Waals surface area contributed by atoms with Gasteiger partial charge < -0.3 is 10.4 Å². The summed E-state index contributed by atoms with van der Waals surface area (Å²) in [6.45, 7) is 0.426. The van der Waals surface area contributed by atoms with Gasteiger partial charge in [0.05, 0.1) is 12.5 Å². The zero-order chi connectivity index (χ0) is 17.7. The van der Waals surface area contributed by atoms with E-state index < -0.39 is 6.10 Å². The quantitative estimate of drug-likeness (QED) is 0.848. The number of pyridine rings is 1. The van der Waals surface area contributed by atoms with E-state index in [4.69, 9.17) is 0 Å². The summed E-state index contributed by atoms with van der Waals surface area (Å²) < 4.78 is 13.1. The number of nitrogens with one attached hydrogen (secondary N) is 1. The third-order valence-corrected chi connectivity index (χ3v) is 5.08. The molecule has 0 saturated heterocycles. The molecule has 0 spiro atoms. The second kappa shape index (κ2) is 7.74. The van der Waals surface area contributed by atoms with Crippen LogP contribution in [0.25, 0.3) is 0 Å². The molecule has 4 nitrogen and oxygen atoms in total. The lowest BCUT2D eigenvalue weighted by Crippen LogP contribution is -2.44. The molecule has 0 bridgehead atoms. The molecule has 0 aliphatic heterocycles. The third-order valence-electron chi connectivity index (χ3n) is 5.08. The lowest BCUT2D eigenvalue weighted by molar-refractivity contribution is -0.121. The molecule has 1 aromatic heterocycles. The van der Waals surface area contributed by atoms with Gasteiger partial charge in [-0.15, -0.1) is 0 Å². The standard InChI is InChI=1S/C20H23FN2O2/c21-17-5-3-16(4-6-17)13-20(9-1-2-18(20)24)14-23-19(25)12-15-7-10-22-11-8-15/h3-8,10-11,18,24H,1-2,9,12-14H2,(H,23,25)/t18-,20+/m1/s1. The van der Waals surface area contributed by atoms with Crippen LogP contribution in [0.4, 0.5) is 4.39 Å². The average molecular weight is 342 g/mol. The van der Waals surface area contributed by atoms with E-state index in [9.17, 15) is 14.3 Å². The van der Waals surface area contributed by atoms with Gasteiger partial charge >= 0.3 is 0 Å². The molecule has 1 amide bonds. The van der Waals surface area contributed by atoms with Crippen LogP contribution >= 0.6 is 0 Å². The van der Waals surface area contributed by atoms with Gasteiger partial charge in [0, 0.05) is 24.4 Å². The Bertz CT molecular complexity index is 705. The van der Waals surface area contributed by atoms with Gasteiger partial charge in [0.25, 0.3) is 0 Å². The number of carbonyl (C=O) groups is 1. The minimum absolute atomic E-state index is 0.0659. The van der Waals surface area contributed by atoms with Crippen molar-refractivity contribution in [3.63, 3.8) is 0 Å². The molecule has 132 valence electrons. The molecule has 1 fully saturated rings. The van der Waals surface area contributed by atoms with Crippen molar-refractivity contribution in [3.05, 3.63) is 65.7 Å². The summed E-state index contributed by atoms with van der Waals surface area (Å²) in [6.07, 6.45) is 6.32. The van der Waals surface area contributed by atoms with Crippen molar-refractivity contribution in [2.45, 2.75) is 38.2 Å². The lowest BCUT2D eigenvalue weighted by Gasteiger charge is -2.33. The van der Waals surface area contributed by atoms with Crippen LogP contribution in [0.15, 0.2) is 48.8 Å². The first-order valence-electron chi connectivity index (χ1n) is 8.65. The van der Waals surface area contributed by atoms with E-state index in [-0.39, 0.29) is 17.1 Å². The summed E-state index contributed by atoms with van der Waals surface area (Å²) in [5.41, 5.74) is 1.50. The van der Waals surface area contributed by atoms with Crippen LogP contribution in [0.1, 0.15) is 30.4 Å². The third kappa shape index (κ3) is 4.42. The van der Waals surface area contributed by atoms with Gasteiger partial charge in [-0.2, -0.15) is 0 Å². The largest absolute Gasteiger partial charge is 0.392 e. The number of carbonyl (C=O) groups excluding carboxylic acids is 1. The maximum Gasteiger partial charge on any atom is 0.224 e. The highest BCUT2D eigenvalue weighted by atomic mass is 19.1. The Morgan fingerprint density at radius 2 is 1.92 bits per heavy atom. The molecule has 0 unspecified atom stereocenters. The number of benzene rings is 1. The van der Waals surface area contributed by atoms with Gasteiger partial charge in [-0.25, -0.2) is 4.39 Å². The molecule has 1 aliphatic carbocycles. The normalized spacial score (nSPS) is 22.7. The number of aliphatic hydroxyl groups is 1. The van der Waals surface area contributed by atoms with Crippen molar-refractivity contribution in [3.8, 4) is 0 Å². The topological polar surface area (TPSA) is 62.2 Å². The molecule has 1 heterocycles. The van der Waals surface area contributed by atoms with Crippen LogP contribution in [0, 0.1) is 11.2 Å². The highest BCUT2D eigenvalue weighted by molar-refractivity contribution is 5.78. The van der Waals surface area contributed by atoms with E-state index in [1.165, 1.54) is 12.1 Å². The maximum atomic E-state index is 13.1. The van der Waals surface area contributed by atoms with Crippen molar-refractivity contribution in [1.82, 2.24) is 10.3 Å². The van der Waals surface area contributed by atoms with Gasteiger partial charge in [0.15, 0.2) is 0 Å². The van der Waals surface area contributed by atoms with Gasteiger partial charge in [-0.05, 0) is 54.7 Å². The molecule has 0 radical (unpaired) electrons. The monoisotopic (exact) mass is 342 g/mol. The Labute approximate surface area is 147 Å². The molecule has 25 heavy (non-hydrogen) atoms. The van der Waals surface area contributed by atoms with E-state index in [1.807, 2.05) is 12.1 Å². The zero-order valence-corrected chi connectivity index (χ0v) is 14.1. The van der Waals surface area contributed by atoms with Crippen LogP contribution in [0.2, 0.25) is 0 Å². The van der Waals surface area contributed by atoms with Crippen molar-refractivity contribution in [1.29, 1.82) is 0 Å². The Morgan fingerprint density at radius 1 is 1.20 bits per heavy atom. The van der Waals surface area contributed by atoms with E-state index in [2.05, 4.69) is 10.3 Å². The highest BCUT2D eigenvalue weighted by Crippen LogP contribution is 2.40. The minimum atomic E-state index is -0.459. The Balaban J connectivity index is 1.64. The fraction of sp³-hybridized carbons (Fsp3) is 0.400. The number of nitrogens with zero attached hydrogens (tertiary/aromatic N) is 1. The summed E-state index contributed by atoms with van der Waals surface area (Å²) in [6, 6.07) is 10.0. The second-order valence-corrected chi connectivity index (χ2v) is 6.88. The first kappa shape index (κ1) is 17.5. The van der Waals surface area contributed by atoms with Gasteiger partial charge in [0.1, 0.15) is 5.82 Å². The molecule has 5 heteroatoms. The molecular weight excluding hydrogens is 319 g/mol. The Morgan fingerprint density at radius 3 is 2.56 bits per heavy atom. The number of halogens is 1. The molecule has 1 aliphatic rings. The van der Waals surface area contributed by atoms with Gasteiger partial charge in [-0.1, -0.05) is 18.6 Å². The highest BCUT2D eigenvalue weighted by Gasteiger charge is 2.42. The van der Waals surface area contributed by atoms with Crippen LogP contribution in [-0.4, -0.2) is 28.6 Å². The fourth-order valence-corrected chi connectivity index (χ4v) is 3.63. The molecule has 2 atom stereocenters. The molecular formula is C20H23FN2O2. The van der Waals surface area contributed by atoms with Crippen molar-refractivity contribution < 1.29 is 14.3 Å². The number of amides is 1. The van der Waals surface area contributed by atoms with Crippen molar-refractivity contribution in [2.24, 2.45) is 5.41 Å². The number of aliphatic hydroxyl groups excluding tert-OH is 1. The number of hydrogen-bond donors (Lipinski definition) is 2. The summed E-state index contributed by atoms with van der Waals surface area (Å²) in [5.74, 6) is -0.334. The molecule has 1 saturated carbocycles. The predicted molar refractivity (Wildman–Crippen MR) is 93.3 cm³/mol. The first-order valence-corrected chi connectivity index (χ1v) is 8.65. The smallest absolute Gasteiger partial charge is 0.224 e. The Kier molecular flexibility index (Phi) is 5.43. The van der Waals surface area contributed by atoms with Crippen LogP contribution < -0.4 is 5.32 Å². The van der Waals surface area contributed by atoms with E-state index >= 15 is 0 Å². The molecule has 3 rings (SSSR count). The predicted octanol–water partition coefficient (Wildman–Crippen LogP) is 2.65. The number of aromatic nitrogens is 1. The minimum Gasteiger partial charge on any atom is -0.392 e. The zero-order valence-electron chi connectivity index (χ0n) is 14.1. The summed E-state index contributed by atoms with van der Waals surface area (Å²) >= 11 is 0. The van der Waals surface area contributed by atoms with Gasteiger partial charge in [0.2, 0.25) is 5.91 Å². The average Bonchev–Trinajstić information content (AvgIpc) is 2.97. The van der Waals surface area contributed by atoms with Crippen LogP contribution in [0.5, 0.6) is 0 Å². The Hall–Kier alpha value is -2.27. The van der Waals surface area contributed by atoms with E-state index in [0.717, 1.165) is 30.4 Å². The van der Waals surface area contributed by atoms with Crippen LogP contribution in [0.3, 0.4) is 0 Å². The number of rotatable bonds is 6. The van der Waals surface area contributed by atoms with Crippen molar-refractivity contribution in [2.75, 3.05) is 6.54 Å². The molecule has 2 aromatic rings. The molecule has 2 N–H and O–H groups in total. The fourth-order valence-electron chi connectivity index (χ4n) is 3.63. The summed E-state index contributed by atoms with van der Waals surface area (Å²) in [5, 5.41) is 13.5.